The molecule has 1 rings (SSSR count). The molecular formula is C63H117NO6Ti. The SMILES string of the molecule is CCCCCCCCCCCCCCCCCC(=O)OCC(COC(=O)CCCCCCCCCCCCCCCCC)OC(=O)CCCCCCCCCCCCCCCCC.Nc1ccccc1.[Ti]. The molecule has 414 valence electrons. The second-order valence-corrected chi connectivity index (χ2v) is 21.0. The van der Waals surface area contributed by atoms with Gasteiger partial charge in [-0.2, -0.15) is 0 Å². The van der Waals surface area contributed by atoms with Gasteiger partial charge in [-0.25, -0.2) is 0 Å². The first-order valence-electron chi connectivity index (χ1n) is 30.7. The Balaban J connectivity index is 0. The Morgan fingerprint density at radius 3 is 0.761 bits per heavy atom. The van der Waals surface area contributed by atoms with Crippen LogP contribution in [0.1, 0.15) is 329 Å². The quantitative estimate of drug-likeness (QED) is 0.0228. The second kappa shape index (κ2) is 60.7. The molecular weight excluding hydrogens is 915 g/mol. The number of para-hydroxylation sites is 1. The van der Waals surface area contributed by atoms with Gasteiger partial charge in [0.2, 0.25) is 0 Å². The number of anilines is 1. The van der Waals surface area contributed by atoms with E-state index >= 15 is 0 Å². The van der Waals surface area contributed by atoms with Gasteiger partial charge < -0.3 is 19.9 Å². The van der Waals surface area contributed by atoms with Gasteiger partial charge in [-0.15, -0.1) is 0 Å². The van der Waals surface area contributed by atoms with E-state index in [0.29, 0.717) is 19.3 Å². The van der Waals surface area contributed by atoms with E-state index < -0.39 is 6.10 Å². The molecule has 0 bridgehead atoms. The molecule has 0 aliphatic heterocycles. The number of benzene rings is 1. The summed E-state index contributed by atoms with van der Waals surface area (Å²) < 4.78 is 16.9. The number of carbonyl (C=O) groups excluding carboxylic acids is 3. The molecule has 2 N–H and O–H groups in total. The topological polar surface area (TPSA) is 105 Å². The molecule has 7 nitrogen and oxygen atoms in total. The van der Waals surface area contributed by atoms with E-state index in [9.17, 15) is 14.4 Å². The normalized spacial score (nSPS) is 11.0. The zero-order valence-corrected chi connectivity index (χ0v) is 48.9. The molecule has 8 heteroatoms. The zero-order chi connectivity index (χ0) is 50.9. The summed E-state index contributed by atoms with van der Waals surface area (Å²) in [5.74, 6) is -0.832. The maximum atomic E-state index is 12.8. The van der Waals surface area contributed by atoms with E-state index in [2.05, 4.69) is 20.8 Å². The van der Waals surface area contributed by atoms with Gasteiger partial charge in [0.1, 0.15) is 13.2 Å². The van der Waals surface area contributed by atoms with Crippen molar-refractivity contribution in [2.45, 2.75) is 335 Å². The Morgan fingerprint density at radius 2 is 0.549 bits per heavy atom. The number of carbonyl (C=O) groups is 3. The van der Waals surface area contributed by atoms with E-state index in [1.165, 1.54) is 231 Å². The monoisotopic (exact) mass is 1030 g/mol. The van der Waals surface area contributed by atoms with Crippen LogP contribution >= 0.6 is 0 Å². The molecule has 0 aliphatic carbocycles. The van der Waals surface area contributed by atoms with Gasteiger partial charge in [0.25, 0.3) is 0 Å². The maximum absolute atomic E-state index is 12.8. The van der Waals surface area contributed by atoms with E-state index in [4.69, 9.17) is 19.9 Å². The number of unbranched alkanes of at least 4 members (excludes halogenated alkanes) is 42. The molecule has 1 aromatic carbocycles. The van der Waals surface area contributed by atoms with Gasteiger partial charge in [-0.1, -0.05) is 309 Å². The van der Waals surface area contributed by atoms with Crippen molar-refractivity contribution in [2.75, 3.05) is 18.9 Å². The average molecular weight is 1030 g/mol. The van der Waals surface area contributed by atoms with Crippen LogP contribution in [0.25, 0.3) is 0 Å². The number of hydrogen-bond donors (Lipinski definition) is 1. The molecule has 0 radical (unpaired) electrons. The Morgan fingerprint density at radius 1 is 0.338 bits per heavy atom. The Hall–Kier alpha value is -1.86. The second-order valence-electron chi connectivity index (χ2n) is 21.0. The summed E-state index contributed by atoms with van der Waals surface area (Å²) in [5.41, 5.74) is 6.18. The molecule has 0 saturated carbocycles. The van der Waals surface area contributed by atoms with Crippen molar-refractivity contribution < 1.29 is 50.3 Å². The van der Waals surface area contributed by atoms with Gasteiger partial charge in [-0.3, -0.25) is 14.4 Å². The van der Waals surface area contributed by atoms with Crippen molar-refractivity contribution in [3.8, 4) is 0 Å². The molecule has 0 amide bonds. The Bertz CT molecular complexity index is 1170. The van der Waals surface area contributed by atoms with Gasteiger partial charge >= 0.3 is 17.9 Å². The Kier molecular flexibility index (Phi) is 60.9. The van der Waals surface area contributed by atoms with Crippen LogP contribution in [0.3, 0.4) is 0 Å². The van der Waals surface area contributed by atoms with Gasteiger partial charge in [0.05, 0.1) is 0 Å². The van der Waals surface area contributed by atoms with Crippen LogP contribution in [0.15, 0.2) is 30.3 Å². The van der Waals surface area contributed by atoms with Crippen molar-refractivity contribution in [1.29, 1.82) is 0 Å². The standard InChI is InChI=1S/C57H110O6.C6H7N.Ti/c1-4-7-10-13-16-19-22-25-28-31-34-37-40-43-46-49-55(58)61-52-54(63-57(60)51-48-45-42-39-36-33-30-27-24-21-18-15-12-9-6-3)53-62-56(59)50-47-44-41-38-35-32-29-26-23-20-17-14-11-8-5-2;7-6-4-2-1-3-5-6;/h54H,4-53H2,1-3H3;1-5H,7H2;. The molecule has 71 heavy (non-hydrogen) atoms. The van der Waals surface area contributed by atoms with Gasteiger partial charge in [-0.05, 0) is 31.4 Å². The van der Waals surface area contributed by atoms with Crippen LogP contribution in [-0.4, -0.2) is 37.2 Å². The first-order chi connectivity index (χ1) is 34.4. The number of nitrogen functional groups attached to an aromatic ring is 1. The molecule has 0 saturated heterocycles. The number of nitrogens with two attached hydrogens (primary N) is 1. The minimum Gasteiger partial charge on any atom is -0.462 e. The third-order valence-electron chi connectivity index (χ3n) is 13.9. The smallest absolute Gasteiger partial charge is 0.306 e. The molecule has 0 aromatic heterocycles. The van der Waals surface area contributed by atoms with Gasteiger partial charge in [0.15, 0.2) is 6.10 Å². The number of ether oxygens (including phenoxy) is 3. The van der Waals surface area contributed by atoms with Crippen LogP contribution < -0.4 is 5.73 Å². The summed E-state index contributed by atoms with van der Waals surface area (Å²) in [6, 6.07) is 9.49. The van der Waals surface area contributed by atoms with Crippen LogP contribution in [0.2, 0.25) is 0 Å². The van der Waals surface area contributed by atoms with Gasteiger partial charge in [0, 0.05) is 46.7 Å². The van der Waals surface area contributed by atoms with Crippen molar-refractivity contribution in [1.82, 2.24) is 0 Å². The van der Waals surface area contributed by atoms with Crippen LogP contribution in [-0.2, 0) is 50.3 Å². The van der Waals surface area contributed by atoms with Crippen molar-refractivity contribution in [3.05, 3.63) is 30.3 Å². The van der Waals surface area contributed by atoms with Crippen LogP contribution in [0.4, 0.5) is 5.69 Å². The van der Waals surface area contributed by atoms with Crippen LogP contribution in [0, 0.1) is 0 Å². The minimum atomic E-state index is -0.760. The zero-order valence-electron chi connectivity index (χ0n) is 47.3. The minimum absolute atomic E-state index is 0. The van der Waals surface area contributed by atoms with E-state index in [0.717, 1.165) is 63.5 Å². The number of rotatable bonds is 53. The first kappa shape index (κ1) is 71.2. The Labute approximate surface area is 455 Å². The summed E-state index contributed by atoms with van der Waals surface area (Å²) in [7, 11) is 0. The van der Waals surface area contributed by atoms with E-state index in [-0.39, 0.29) is 52.8 Å². The predicted molar refractivity (Wildman–Crippen MR) is 301 cm³/mol. The molecule has 0 unspecified atom stereocenters. The fourth-order valence-corrected chi connectivity index (χ4v) is 9.25. The average Bonchev–Trinajstić information content (AvgIpc) is 3.36. The van der Waals surface area contributed by atoms with Crippen molar-refractivity contribution in [2.24, 2.45) is 0 Å². The summed E-state index contributed by atoms with van der Waals surface area (Å²) in [6.07, 6.45) is 58.0. The summed E-state index contributed by atoms with van der Waals surface area (Å²) >= 11 is 0. The summed E-state index contributed by atoms with van der Waals surface area (Å²) in [6.45, 7) is 6.71. The molecule has 0 aliphatic rings. The van der Waals surface area contributed by atoms with E-state index in [1.807, 2.05) is 30.3 Å². The molecule has 0 fully saturated rings. The maximum Gasteiger partial charge on any atom is 0.306 e. The summed E-state index contributed by atoms with van der Waals surface area (Å²) in [4.78, 5) is 38.1. The third kappa shape index (κ3) is 58.9. The predicted octanol–water partition coefficient (Wildman–Crippen LogP) is 20.0. The van der Waals surface area contributed by atoms with Crippen LogP contribution in [0.5, 0.6) is 0 Å². The molecule has 0 spiro atoms. The van der Waals surface area contributed by atoms with Crippen molar-refractivity contribution in [3.63, 3.8) is 0 Å². The first-order valence-corrected chi connectivity index (χ1v) is 30.7. The summed E-state index contributed by atoms with van der Waals surface area (Å²) in [5, 5.41) is 0. The molecule has 0 atom stereocenters. The van der Waals surface area contributed by atoms with Crippen molar-refractivity contribution >= 4 is 23.6 Å². The fourth-order valence-electron chi connectivity index (χ4n) is 9.25. The molecule has 1 aromatic rings. The number of hydrogen-bond acceptors (Lipinski definition) is 7. The third-order valence-corrected chi connectivity index (χ3v) is 13.9. The fraction of sp³-hybridized carbons (Fsp3) is 0.857. The van der Waals surface area contributed by atoms with E-state index in [1.54, 1.807) is 0 Å². The number of esters is 3. The largest absolute Gasteiger partial charge is 0.462 e. The molecule has 0 heterocycles.